The van der Waals surface area contributed by atoms with Crippen molar-refractivity contribution in [3.63, 3.8) is 0 Å². The van der Waals surface area contributed by atoms with Crippen molar-refractivity contribution in [2.24, 2.45) is 0 Å². The van der Waals surface area contributed by atoms with Gasteiger partial charge >= 0.3 is 6.18 Å². The fourth-order valence-electron chi connectivity index (χ4n) is 2.23. The summed E-state index contributed by atoms with van der Waals surface area (Å²) < 4.78 is 43.9. The second-order valence-electron chi connectivity index (χ2n) is 5.48. The number of rotatable bonds is 5. The Balaban J connectivity index is 2.31. The van der Waals surface area contributed by atoms with E-state index in [1.165, 1.54) is 24.3 Å². The highest BCUT2D eigenvalue weighted by Crippen LogP contribution is 2.36. The van der Waals surface area contributed by atoms with Gasteiger partial charge in [0.1, 0.15) is 11.6 Å². The highest BCUT2D eigenvalue weighted by atomic mass is 79.9. The number of nitrogens with zero attached hydrogens (tertiary/aromatic N) is 1. The molecule has 2 N–H and O–H groups in total. The molecule has 5 nitrogen and oxygen atoms in total. The molecule has 2 aromatic carbocycles. The van der Waals surface area contributed by atoms with Gasteiger partial charge in [0, 0.05) is 5.69 Å². The van der Waals surface area contributed by atoms with E-state index in [1.807, 2.05) is 0 Å². The Hall–Kier alpha value is -2.99. The molecule has 0 saturated heterocycles. The van der Waals surface area contributed by atoms with Crippen molar-refractivity contribution in [2.75, 3.05) is 11.9 Å². The zero-order valence-electron chi connectivity index (χ0n) is 14.5. The maximum Gasteiger partial charge on any atom is 0.416 e. The van der Waals surface area contributed by atoms with Crippen LogP contribution in [0.1, 0.15) is 18.1 Å². The number of carbonyl (C=O) groups excluding carboxylic acids is 1. The van der Waals surface area contributed by atoms with Crippen LogP contribution in [0.3, 0.4) is 0 Å². The number of nitriles is 1. The highest BCUT2D eigenvalue weighted by molar-refractivity contribution is 9.10. The van der Waals surface area contributed by atoms with Gasteiger partial charge < -0.3 is 15.2 Å². The molecule has 9 heteroatoms. The molecule has 0 aliphatic heterocycles. The van der Waals surface area contributed by atoms with Gasteiger partial charge in [0.25, 0.3) is 5.91 Å². The van der Waals surface area contributed by atoms with E-state index >= 15 is 0 Å². The third-order valence-electron chi connectivity index (χ3n) is 3.47. The van der Waals surface area contributed by atoms with Gasteiger partial charge in [0.05, 0.1) is 16.6 Å². The van der Waals surface area contributed by atoms with E-state index in [2.05, 4.69) is 21.2 Å². The number of halogens is 4. The van der Waals surface area contributed by atoms with Crippen LogP contribution in [-0.2, 0) is 11.0 Å². The number of ether oxygens (including phenoxy) is 1. The Kier molecular flexibility index (Phi) is 6.70. The van der Waals surface area contributed by atoms with Gasteiger partial charge in [-0.1, -0.05) is 6.07 Å². The van der Waals surface area contributed by atoms with Crippen molar-refractivity contribution in [1.29, 1.82) is 5.26 Å². The van der Waals surface area contributed by atoms with Gasteiger partial charge in [-0.15, -0.1) is 0 Å². The smallest absolute Gasteiger partial charge is 0.416 e. The molecule has 1 amide bonds. The van der Waals surface area contributed by atoms with E-state index in [4.69, 9.17) is 4.74 Å². The van der Waals surface area contributed by atoms with E-state index < -0.39 is 17.6 Å². The topological polar surface area (TPSA) is 82.3 Å². The quantitative estimate of drug-likeness (QED) is 0.485. The summed E-state index contributed by atoms with van der Waals surface area (Å²) in [6, 6.07) is 8.69. The molecule has 2 aromatic rings. The minimum atomic E-state index is -4.55. The number of benzene rings is 2. The van der Waals surface area contributed by atoms with Gasteiger partial charge in [-0.3, -0.25) is 4.79 Å². The number of aromatic hydroxyl groups is 1. The van der Waals surface area contributed by atoms with Gasteiger partial charge in [-0.25, -0.2) is 0 Å². The standard InChI is InChI=1S/C19H14BrF3N2O3/c1-2-28-16-8-11(7-15(20)17(16)26)6-12(10-24)18(27)25-14-5-3-4-13(9-14)19(21,22)23/h3-9,26H,2H2,1H3,(H,25,27)/b12-6+. The Morgan fingerprint density at radius 1 is 1.36 bits per heavy atom. The number of hydrogen-bond acceptors (Lipinski definition) is 4. The molecule has 0 bridgehead atoms. The molecule has 0 aromatic heterocycles. The molecule has 0 aliphatic carbocycles. The molecule has 0 saturated carbocycles. The fourth-order valence-corrected chi connectivity index (χ4v) is 2.69. The maximum absolute atomic E-state index is 12.8. The van der Waals surface area contributed by atoms with Crippen molar-refractivity contribution in [3.8, 4) is 17.6 Å². The molecule has 0 aliphatic rings. The highest BCUT2D eigenvalue weighted by Gasteiger charge is 2.30. The zero-order chi connectivity index (χ0) is 20.9. The molecule has 0 radical (unpaired) electrons. The van der Waals surface area contributed by atoms with Crippen LogP contribution in [0.4, 0.5) is 18.9 Å². The van der Waals surface area contributed by atoms with Gasteiger partial charge in [0.2, 0.25) is 0 Å². The molecule has 2 rings (SSSR count). The van der Waals surface area contributed by atoms with E-state index in [0.29, 0.717) is 10.0 Å². The molecule has 0 unspecified atom stereocenters. The molecule has 0 spiro atoms. The first-order valence-corrected chi connectivity index (χ1v) is 8.70. The third kappa shape index (κ3) is 5.27. The predicted molar refractivity (Wildman–Crippen MR) is 101 cm³/mol. The van der Waals surface area contributed by atoms with Crippen molar-refractivity contribution < 1.29 is 27.8 Å². The summed E-state index contributed by atoms with van der Waals surface area (Å²) in [5.41, 5.74) is -0.971. The Morgan fingerprint density at radius 2 is 2.07 bits per heavy atom. The summed E-state index contributed by atoms with van der Waals surface area (Å²) in [6.07, 6.45) is -3.32. The Bertz CT molecular complexity index is 966. The van der Waals surface area contributed by atoms with Crippen LogP contribution >= 0.6 is 15.9 Å². The van der Waals surface area contributed by atoms with Crippen LogP contribution < -0.4 is 10.1 Å². The number of anilines is 1. The average molecular weight is 455 g/mol. The number of phenols is 1. The summed E-state index contributed by atoms with van der Waals surface area (Å²) in [4.78, 5) is 12.3. The van der Waals surface area contributed by atoms with E-state index in [1.54, 1.807) is 13.0 Å². The first-order chi connectivity index (χ1) is 13.2. The lowest BCUT2D eigenvalue weighted by Crippen LogP contribution is -2.14. The van der Waals surface area contributed by atoms with Crippen LogP contribution in [0.25, 0.3) is 6.08 Å². The van der Waals surface area contributed by atoms with Crippen molar-refractivity contribution >= 4 is 33.6 Å². The number of carbonyl (C=O) groups is 1. The lowest BCUT2D eigenvalue weighted by atomic mass is 10.1. The normalized spacial score (nSPS) is 11.6. The number of alkyl halides is 3. The molecular weight excluding hydrogens is 441 g/mol. The monoisotopic (exact) mass is 454 g/mol. The van der Waals surface area contributed by atoms with E-state index in [-0.39, 0.29) is 29.4 Å². The summed E-state index contributed by atoms with van der Waals surface area (Å²) >= 11 is 3.15. The van der Waals surface area contributed by atoms with Gasteiger partial charge in [-0.05, 0) is 64.8 Å². The maximum atomic E-state index is 12.8. The number of hydrogen-bond donors (Lipinski definition) is 2. The molecule has 0 fully saturated rings. The first kappa shape index (κ1) is 21.3. The minimum Gasteiger partial charge on any atom is -0.503 e. The first-order valence-electron chi connectivity index (χ1n) is 7.91. The van der Waals surface area contributed by atoms with Crippen molar-refractivity contribution in [1.82, 2.24) is 0 Å². The lowest BCUT2D eigenvalue weighted by Gasteiger charge is -2.10. The second kappa shape index (κ2) is 8.80. The van der Waals surface area contributed by atoms with E-state index in [0.717, 1.165) is 18.2 Å². The summed E-state index contributed by atoms with van der Waals surface area (Å²) in [7, 11) is 0. The summed E-state index contributed by atoms with van der Waals surface area (Å²) in [6.45, 7) is 2.01. The van der Waals surface area contributed by atoms with Gasteiger partial charge in [-0.2, -0.15) is 18.4 Å². The SMILES string of the molecule is CCOc1cc(/C=C(\C#N)C(=O)Nc2cccc(C(F)(F)F)c2)cc(Br)c1O. The van der Waals surface area contributed by atoms with E-state index in [9.17, 15) is 28.3 Å². The minimum absolute atomic E-state index is 0.0946. The summed E-state index contributed by atoms with van der Waals surface area (Å²) in [5.74, 6) is -0.853. The molecule has 0 heterocycles. The summed E-state index contributed by atoms with van der Waals surface area (Å²) in [5, 5.41) is 21.4. The lowest BCUT2D eigenvalue weighted by molar-refractivity contribution is -0.137. The Labute approximate surface area is 167 Å². The van der Waals surface area contributed by atoms with Crippen LogP contribution in [-0.4, -0.2) is 17.6 Å². The molecule has 0 atom stereocenters. The van der Waals surface area contributed by atoms with Crippen molar-refractivity contribution in [3.05, 3.63) is 57.6 Å². The molecule has 28 heavy (non-hydrogen) atoms. The molecule has 146 valence electrons. The average Bonchev–Trinajstić information content (AvgIpc) is 2.63. The Morgan fingerprint density at radius 3 is 2.68 bits per heavy atom. The molecular formula is C19H14BrF3N2O3. The van der Waals surface area contributed by atoms with Gasteiger partial charge in [0.15, 0.2) is 11.5 Å². The van der Waals surface area contributed by atoms with Crippen LogP contribution in [0.15, 0.2) is 46.4 Å². The van der Waals surface area contributed by atoms with Crippen LogP contribution in [0, 0.1) is 11.3 Å². The fraction of sp³-hybridized carbons (Fsp3) is 0.158. The largest absolute Gasteiger partial charge is 0.503 e. The van der Waals surface area contributed by atoms with Crippen LogP contribution in [0.2, 0.25) is 0 Å². The van der Waals surface area contributed by atoms with Crippen molar-refractivity contribution in [2.45, 2.75) is 13.1 Å². The third-order valence-corrected chi connectivity index (χ3v) is 4.08. The predicted octanol–water partition coefficient (Wildman–Crippen LogP) is 5.12. The zero-order valence-corrected chi connectivity index (χ0v) is 16.1. The number of phenolic OH excluding ortho intramolecular Hbond substituents is 1. The van der Waals surface area contributed by atoms with Crippen LogP contribution in [0.5, 0.6) is 11.5 Å². The number of nitrogens with one attached hydrogen (secondary N) is 1. The number of amides is 1. The second-order valence-corrected chi connectivity index (χ2v) is 6.34.